The maximum Gasteiger partial charge on any atom is 0.341 e. The SMILES string of the molecule is COc1ccc(OCC(=O)O)cc1/C=C1/COc2cc(N3CC4(COC4)C3)ccc2C1=N. The number of nitrogens with zero attached hydrogens (tertiary/aromatic N) is 1. The average Bonchev–Trinajstić information content (AvgIpc) is 2.72. The van der Waals surface area contributed by atoms with Crippen LogP contribution in [0.2, 0.25) is 0 Å². The minimum Gasteiger partial charge on any atom is -0.496 e. The van der Waals surface area contributed by atoms with E-state index in [1.54, 1.807) is 25.3 Å². The van der Waals surface area contributed by atoms with Crippen molar-refractivity contribution in [2.45, 2.75) is 0 Å². The summed E-state index contributed by atoms with van der Waals surface area (Å²) < 4.78 is 22.0. The molecule has 0 amide bonds. The molecule has 5 rings (SSSR count). The molecule has 0 radical (unpaired) electrons. The molecule has 2 N–H and O–H groups in total. The number of fused-ring (bicyclic) bond motifs is 1. The Morgan fingerprint density at radius 2 is 2.06 bits per heavy atom. The highest BCUT2D eigenvalue weighted by atomic mass is 16.5. The van der Waals surface area contributed by atoms with Crippen LogP contribution in [0, 0.1) is 10.8 Å². The van der Waals surface area contributed by atoms with Crippen LogP contribution in [0.5, 0.6) is 17.2 Å². The minimum absolute atomic E-state index is 0.260. The molecule has 2 aromatic carbocycles. The van der Waals surface area contributed by atoms with Crippen LogP contribution in [-0.2, 0) is 9.53 Å². The minimum atomic E-state index is -1.05. The van der Waals surface area contributed by atoms with Crippen LogP contribution in [0.4, 0.5) is 5.69 Å². The summed E-state index contributed by atoms with van der Waals surface area (Å²) in [6.07, 6.45) is 1.82. The predicted octanol–water partition coefficient (Wildman–Crippen LogP) is 2.84. The fourth-order valence-corrected chi connectivity index (χ4v) is 4.32. The molecule has 2 fully saturated rings. The number of nitrogens with one attached hydrogen (secondary N) is 1. The molecule has 32 heavy (non-hydrogen) atoms. The number of ether oxygens (including phenoxy) is 4. The van der Waals surface area contributed by atoms with E-state index in [1.165, 1.54) is 0 Å². The molecule has 8 heteroatoms. The lowest BCUT2D eigenvalue weighted by molar-refractivity contribution is -0.139. The van der Waals surface area contributed by atoms with Gasteiger partial charge in [0.1, 0.15) is 23.9 Å². The highest BCUT2D eigenvalue weighted by Crippen LogP contribution is 2.42. The monoisotopic (exact) mass is 436 g/mol. The van der Waals surface area contributed by atoms with Crippen molar-refractivity contribution >= 4 is 23.4 Å². The second-order valence-corrected chi connectivity index (χ2v) is 8.45. The fourth-order valence-electron chi connectivity index (χ4n) is 4.32. The third kappa shape index (κ3) is 3.67. The summed E-state index contributed by atoms with van der Waals surface area (Å²) >= 11 is 0. The number of carbonyl (C=O) groups is 1. The molecule has 3 aliphatic rings. The number of hydrogen-bond acceptors (Lipinski definition) is 7. The summed E-state index contributed by atoms with van der Waals surface area (Å²) in [6.45, 7) is 3.51. The van der Waals surface area contributed by atoms with E-state index in [2.05, 4.69) is 4.90 Å². The van der Waals surface area contributed by atoms with Gasteiger partial charge in [0.2, 0.25) is 0 Å². The van der Waals surface area contributed by atoms with E-state index in [9.17, 15) is 4.79 Å². The molecular formula is C24H24N2O6. The first-order chi connectivity index (χ1) is 15.5. The number of carboxylic acids is 1. The molecule has 0 aromatic heterocycles. The lowest BCUT2D eigenvalue weighted by atomic mass is 9.77. The van der Waals surface area contributed by atoms with Crippen molar-refractivity contribution in [1.82, 2.24) is 0 Å². The molecular weight excluding hydrogens is 412 g/mol. The van der Waals surface area contributed by atoms with Gasteiger partial charge in [-0.3, -0.25) is 5.41 Å². The van der Waals surface area contributed by atoms with Crippen LogP contribution in [0.15, 0.2) is 42.0 Å². The van der Waals surface area contributed by atoms with Crippen molar-refractivity contribution < 1.29 is 28.8 Å². The molecule has 2 aromatic rings. The first-order valence-electron chi connectivity index (χ1n) is 10.4. The molecule has 0 saturated carbocycles. The largest absolute Gasteiger partial charge is 0.496 e. The van der Waals surface area contributed by atoms with E-state index in [0.717, 1.165) is 37.6 Å². The highest BCUT2D eigenvalue weighted by molar-refractivity contribution is 6.16. The van der Waals surface area contributed by atoms with Gasteiger partial charge < -0.3 is 29.0 Å². The second-order valence-electron chi connectivity index (χ2n) is 8.45. The van der Waals surface area contributed by atoms with Gasteiger partial charge in [-0.2, -0.15) is 0 Å². The summed E-state index contributed by atoms with van der Waals surface area (Å²) in [6, 6.07) is 11.0. The van der Waals surface area contributed by atoms with Crippen LogP contribution in [0.25, 0.3) is 6.08 Å². The molecule has 3 heterocycles. The summed E-state index contributed by atoms with van der Waals surface area (Å²) in [5.41, 5.74) is 3.96. The van der Waals surface area contributed by atoms with E-state index in [1.807, 2.05) is 24.3 Å². The van der Waals surface area contributed by atoms with Gasteiger partial charge in [0.15, 0.2) is 6.61 Å². The Hall–Kier alpha value is -3.52. The third-order valence-electron chi connectivity index (χ3n) is 6.07. The van der Waals surface area contributed by atoms with Gasteiger partial charge in [0.05, 0.1) is 31.5 Å². The number of aliphatic carboxylic acids is 1. The summed E-state index contributed by atoms with van der Waals surface area (Å²) in [5, 5.41) is 17.5. The van der Waals surface area contributed by atoms with E-state index < -0.39 is 12.6 Å². The standard InChI is InChI=1S/C24H24N2O6/c1-29-20-5-3-18(31-10-22(27)28)7-15(20)6-16-9-32-21-8-17(2-4-19(21)23(16)25)26-11-24(12-26)13-30-14-24/h2-8,25H,9-14H2,1H3,(H,27,28)/b16-6-,25-23?. The van der Waals surface area contributed by atoms with Gasteiger partial charge in [-0.25, -0.2) is 4.79 Å². The molecule has 0 unspecified atom stereocenters. The van der Waals surface area contributed by atoms with E-state index >= 15 is 0 Å². The van der Waals surface area contributed by atoms with E-state index in [0.29, 0.717) is 39.5 Å². The number of methoxy groups -OCH3 is 1. The molecule has 8 nitrogen and oxygen atoms in total. The van der Waals surface area contributed by atoms with Crippen LogP contribution in [-0.4, -0.2) is 63.4 Å². The number of carboxylic acid groups (broad SMARTS) is 1. The molecule has 1 spiro atoms. The fraction of sp³-hybridized carbons (Fsp3) is 0.333. The number of rotatable bonds is 6. The maximum absolute atomic E-state index is 10.8. The second kappa shape index (κ2) is 7.87. The van der Waals surface area contributed by atoms with Gasteiger partial charge >= 0.3 is 5.97 Å². The Morgan fingerprint density at radius 3 is 2.75 bits per heavy atom. The quantitative estimate of drug-likeness (QED) is 0.718. The van der Waals surface area contributed by atoms with Crippen molar-refractivity contribution in [2.75, 3.05) is 51.5 Å². The van der Waals surface area contributed by atoms with Gasteiger partial charge in [0.25, 0.3) is 0 Å². The van der Waals surface area contributed by atoms with Gasteiger partial charge in [-0.15, -0.1) is 0 Å². The Kier molecular flexibility index (Phi) is 5.01. The van der Waals surface area contributed by atoms with Crippen LogP contribution in [0.1, 0.15) is 11.1 Å². The number of benzene rings is 2. The number of anilines is 1. The molecule has 2 saturated heterocycles. The van der Waals surface area contributed by atoms with Crippen molar-refractivity contribution in [3.8, 4) is 17.2 Å². The zero-order valence-electron chi connectivity index (χ0n) is 17.7. The maximum atomic E-state index is 10.8. The normalized spacial score (nSPS) is 19.6. The Labute approximate surface area is 185 Å². The van der Waals surface area contributed by atoms with Gasteiger partial charge in [-0.1, -0.05) is 0 Å². The summed E-state index contributed by atoms with van der Waals surface area (Å²) in [4.78, 5) is 13.1. The molecule has 0 bridgehead atoms. The summed E-state index contributed by atoms with van der Waals surface area (Å²) in [5.74, 6) is 0.674. The molecule has 0 atom stereocenters. The van der Waals surface area contributed by atoms with Crippen molar-refractivity contribution in [2.24, 2.45) is 5.41 Å². The predicted molar refractivity (Wildman–Crippen MR) is 118 cm³/mol. The zero-order chi connectivity index (χ0) is 22.3. The highest BCUT2D eigenvalue weighted by Gasteiger charge is 2.49. The molecule has 166 valence electrons. The smallest absolute Gasteiger partial charge is 0.341 e. The van der Waals surface area contributed by atoms with Crippen LogP contribution < -0.4 is 19.1 Å². The molecule has 3 aliphatic heterocycles. The van der Waals surface area contributed by atoms with Gasteiger partial charge in [-0.05, 0) is 36.4 Å². The molecule has 0 aliphatic carbocycles. The van der Waals surface area contributed by atoms with E-state index in [4.69, 9.17) is 29.5 Å². The Bertz CT molecular complexity index is 1110. The Balaban J connectivity index is 1.36. The lowest BCUT2D eigenvalue weighted by Gasteiger charge is -2.56. The average molecular weight is 436 g/mol. The summed E-state index contributed by atoms with van der Waals surface area (Å²) in [7, 11) is 1.56. The topological polar surface area (TPSA) is 101 Å². The first kappa shape index (κ1) is 20.4. The van der Waals surface area contributed by atoms with Crippen LogP contribution in [0.3, 0.4) is 0 Å². The van der Waals surface area contributed by atoms with Crippen molar-refractivity contribution in [1.29, 1.82) is 5.41 Å². The van der Waals surface area contributed by atoms with Crippen molar-refractivity contribution in [3.63, 3.8) is 0 Å². The third-order valence-corrected chi connectivity index (χ3v) is 6.07. The van der Waals surface area contributed by atoms with Crippen LogP contribution >= 0.6 is 0 Å². The zero-order valence-corrected chi connectivity index (χ0v) is 17.7. The first-order valence-corrected chi connectivity index (χ1v) is 10.4. The Morgan fingerprint density at radius 1 is 1.25 bits per heavy atom. The van der Waals surface area contributed by atoms with E-state index in [-0.39, 0.29) is 6.61 Å². The van der Waals surface area contributed by atoms with Gasteiger partial charge in [0, 0.05) is 41.5 Å². The van der Waals surface area contributed by atoms with Crippen molar-refractivity contribution in [3.05, 3.63) is 53.1 Å². The number of hydrogen-bond donors (Lipinski definition) is 2. The lowest BCUT2D eigenvalue weighted by Crippen LogP contribution is -2.66.